The van der Waals surface area contributed by atoms with Gasteiger partial charge in [0.05, 0.1) is 5.56 Å². The third-order valence-electron chi connectivity index (χ3n) is 5.76. The van der Waals surface area contributed by atoms with Crippen LogP contribution < -0.4 is 10.5 Å². The molecule has 0 spiro atoms. The van der Waals surface area contributed by atoms with Crippen molar-refractivity contribution in [1.29, 1.82) is 0 Å². The second-order valence-corrected chi connectivity index (χ2v) is 7.96. The first-order chi connectivity index (χ1) is 16.5. The Labute approximate surface area is 198 Å². The minimum Gasteiger partial charge on any atom is -0.481 e. The third kappa shape index (κ3) is 4.69. The lowest BCUT2D eigenvalue weighted by atomic mass is 9.82. The summed E-state index contributed by atoms with van der Waals surface area (Å²) in [5.74, 6) is -0.610. The average molecular weight is 452 g/mol. The molecule has 4 aromatic carbocycles. The first-order valence-electron chi connectivity index (χ1n) is 11.0. The molecule has 0 fully saturated rings. The Bertz CT molecular complexity index is 1320. The number of nitrogens with two attached hydrogens (primary N) is 1. The van der Waals surface area contributed by atoms with Gasteiger partial charge in [-0.3, -0.25) is 9.59 Å². The lowest BCUT2D eigenvalue weighted by molar-refractivity contribution is -0.136. The molecule has 0 aliphatic carbocycles. The van der Waals surface area contributed by atoms with Gasteiger partial charge in [-0.15, -0.1) is 0 Å². The summed E-state index contributed by atoms with van der Waals surface area (Å²) in [6.07, 6.45) is 0.170. The summed E-state index contributed by atoms with van der Waals surface area (Å²) in [7, 11) is 0. The first kappa shape index (κ1) is 22.8. The highest BCUT2D eigenvalue weighted by Crippen LogP contribution is 2.47. The van der Waals surface area contributed by atoms with E-state index in [1.807, 2.05) is 91.0 Å². The molecule has 0 saturated heterocycles. The third-order valence-corrected chi connectivity index (χ3v) is 5.76. The van der Waals surface area contributed by atoms with E-state index < -0.39 is 11.9 Å². The highest BCUT2D eigenvalue weighted by molar-refractivity contribution is 6.04. The van der Waals surface area contributed by atoms with Crippen LogP contribution in [0.5, 0.6) is 11.5 Å². The minimum absolute atomic E-state index is 0.0774. The molecule has 5 nitrogen and oxygen atoms in total. The van der Waals surface area contributed by atoms with Gasteiger partial charge in [0, 0.05) is 12.0 Å². The molecule has 0 atom stereocenters. The van der Waals surface area contributed by atoms with Crippen LogP contribution in [0.1, 0.15) is 27.9 Å². The Morgan fingerprint density at radius 1 is 0.794 bits per heavy atom. The second-order valence-electron chi connectivity index (χ2n) is 7.96. The van der Waals surface area contributed by atoms with Gasteiger partial charge in [-0.25, -0.2) is 0 Å². The maximum Gasteiger partial charge on any atom is 0.303 e. The zero-order valence-corrected chi connectivity index (χ0v) is 18.8. The highest BCUT2D eigenvalue weighted by Gasteiger charge is 2.28. The van der Waals surface area contributed by atoms with E-state index in [1.165, 1.54) is 0 Å². The molecule has 4 aromatic rings. The van der Waals surface area contributed by atoms with E-state index in [4.69, 9.17) is 10.5 Å². The summed E-state index contributed by atoms with van der Waals surface area (Å²) >= 11 is 0. The number of carboxylic acid groups (broad SMARTS) is 1. The molecule has 0 heterocycles. The molecule has 0 radical (unpaired) electrons. The monoisotopic (exact) mass is 451 g/mol. The van der Waals surface area contributed by atoms with Crippen molar-refractivity contribution in [1.82, 2.24) is 0 Å². The summed E-state index contributed by atoms with van der Waals surface area (Å²) in [6, 6.07) is 28.6. The predicted molar refractivity (Wildman–Crippen MR) is 133 cm³/mol. The Hall–Kier alpha value is -4.38. The largest absolute Gasteiger partial charge is 0.481 e. The maximum absolute atomic E-state index is 12.8. The van der Waals surface area contributed by atoms with Crippen LogP contribution in [-0.2, 0) is 11.2 Å². The fourth-order valence-electron chi connectivity index (χ4n) is 4.25. The van der Waals surface area contributed by atoms with Crippen molar-refractivity contribution >= 4 is 11.9 Å². The van der Waals surface area contributed by atoms with Crippen molar-refractivity contribution in [3.8, 4) is 33.8 Å². The molecule has 0 bridgehead atoms. The smallest absolute Gasteiger partial charge is 0.303 e. The number of benzene rings is 4. The van der Waals surface area contributed by atoms with Crippen molar-refractivity contribution in [2.24, 2.45) is 5.73 Å². The zero-order valence-electron chi connectivity index (χ0n) is 18.8. The predicted octanol–water partition coefficient (Wildman–Crippen LogP) is 6.24. The van der Waals surface area contributed by atoms with Crippen LogP contribution in [0, 0.1) is 6.92 Å². The number of amides is 1. The topological polar surface area (TPSA) is 89.6 Å². The van der Waals surface area contributed by atoms with Crippen molar-refractivity contribution in [3.05, 3.63) is 108 Å². The van der Waals surface area contributed by atoms with E-state index in [0.717, 1.165) is 22.3 Å². The van der Waals surface area contributed by atoms with Gasteiger partial charge in [0.15, 0.2) is 0 Å². The maximum atomic E-state index is 12.8. The molecule has 3 N–H and O–H groups in total. The SMILES string of the molecule is Cc1c(CCC(=O)O)c(-c2ccccc2)c(-c2ccccc2)c(Oc2ccccc2)c1C(N)=O. The first-order valence-corrected chi connectivity index (χ1v) is 11.0. The lowest BCUT2D eigenvalue weighted by Crippen LogP contribution is -2.17. The molecule has 0 saturated carbocycles. The molecular formula is C29H25NO4. The molecule has 0 aromatic heterocycles. The second kappa shape index (κ2) is 10.0. The van der Waals surface area contributed by atoms with E-state index in [2.05, 4.69) is 0 Å². The molecule has 1 amide bonds. The molecule has 34 heavy (non-hydrogen) atoms. The number of carbonyl (C=O) groups excluding carboxylic acids is 1. The average Bonchev–Trinajstić information content (AvgIpc) is 2.84. The summed E-state index contributed by atoms with van der Waals surface area (Å²) in [4.78, 5) is 24.3. The fourth-order valence-corrected chi connectivity index (χ4v) is 4.25. The molecular weight excluding hydrogens is 426 g/mol. The van der Waals surface area contributed by atoms with Crippen molar-refractivity contribution in [2.75, 3.05) is 0 Å². The van der Waals surface area contributed by atoms with Crippen LogP contribution in [0.25, 0.3) is 22.3 Å². The quantitative estimate of drug-likeness (QED) is 0.332. The minimum atomic E-state index is -0.912. The summed E-state index contributed by atoms with van der Waals surface area (Å²) in [5.41, 5.74) is 10.8. The van der Waals surface area contributed by atoms with Gasteiger partial charge in [-0.1, -0.05) is 78.9 Å². The van der Waals surface area contributed by atoms with Crippen LogP contribution in [0.4, 0.5) is 0 Å². The van der Waals surface area contributed by atoms with Crippen molar-refractivity contribution in [3.63, 3.8) is 0 Å². The molecule has 0 aliphatic heterocycles. The normalized spacial score (nSPS) is 10.6. The van der Waals surface area contributed by atoms with Gasteiger partial charge < -0.3 is 15.6 Å². The van der Waals surface area contributed by atoms with Crippen LogP contribution in [0.2, 0.25) is 0 Å². The number of primary amides is 1. The fraction of sp³-hybridized carbons (Fsp3) is 0.103. The molecule has 0 unspecified atom stereocenters. The van der Waals surface area contributed by atoms with Gasteiger partial charge in [0.2, 0.25) is 0 Å². The number of hydrogen-bond acceptors (Lipinski definition) is 3. The van der Waals surface area contributed by atoms with Gasteiger partial charge in [0.25, 0.3) is 5.91 Å². The Balaban J connectivity index is 2.14. The van der Waals surface area contributed by atoms with E-state index in [-0.39, 0.29) is 18.4 Å². The van der Waals surface area contributed by atoms with Crippen LogP contribution >= 0.6 is 0 Å². The Morgan fingerprint density at radius 3 is 1.79 bits per heavy atom. The summed E-state index contributed by atoms with van der Waals surface area (Å²) in [5, 5.41) is 9.43. The van der Waals surface area contributed by atoms with Crippen molar-refractivity contribution in [2.45, 2.75) is 19.8 Å². The van der Waals surface area contributed by atoms with E-state index in [1.54, 1.807) is 6.92 Å². The standard InChI is InChI=1S/C29H25NO4/c1-19-23(17-18-24(31)32)26(20-11-5-2-6-12-20)27(21-13-7-3-8-14-21)28(25(19)29(30)33)34-22-15-9-4-10-16-22/h2-16H,17-18H2,1H3,(H2,30,33)(H,31,32). The number of aliphatic carboxylic acids is 1. The number of carboxylic acids is 1. The van der Waals surface area contributed by atoms with Gasteiger partial charge >= 0.3 is 5.97 Å². The van der Waals surface area contributed by atoms with Gasteiger partial charge in [-0.2, -0.15) is 0 Å². The molecule has 4 rings (SSSR count). The van der Waals surface area contributed by atoms with Crippen molar-refractivity contribution < 1.29 is 19.4 Å². The number of ether oxygens (including phenoxy) is 1. The Kier molecular flexibility index (Phi) is 6.74. The van der Waals surface area contributed by atoms with Crippen LogP contribution in [0.15, 0.2) is 91.0 Å². The zero-order chi connectivity index (χ0) is 24.1. The highest BCUT2D eigenvalue weighted by atomic mass is 16.5. The Morgan fingerprint density at radius 2 is 1.29 bits per heavy atom. The van der Waals surface area contributed by atoms with Gasteiger partial charge in [-0.05, 0) is 53.3 Å². The van der Waals surface area contributed by atoms with E-state index in [0.29, 0.717) is 22.6 Å². The number of para-hydroxylation sites is 1. The number of hydrogen-bond donors (Lipinski definition) is 2. The summed E-state index contributed by atoms with van der Waals surface area (Å²) in [6.45, 7) is 1.80. The number of rotatable bonds is 8. The summed E-state index contributed by atoms with van der Waals surface area (Å²) < 4.78 is 6.36. The van der Waals surface area contributed by atoms with E-state index in [9.17, 15) is 14.7 Å². The number of carbonyl (C=O) groups is 2. The van der Waals surface area contributed by atoms with E-state index >= 15 is 0 Å². The lowest BCUT2D eigenvalue weighted by Gasteiger charge is -2.25. The molecule has 0 aliphatic rings. The van der Waals surface area contributed by atoms with Crippen LogP contribution in [-0.4, -0.2) is 17.0 Å². The van der Waals surface area contributed by atoms with Gasteiger partial charge in [0.1, 0.15) is 11.5 Å². The van der Waals surface area contributed by atoms with Crippen LogP contribution in [0.3, 0.4) is 0 Å². The molecule has 5 heteroatoms. The molecule has 170 valence electrons.